The highest BCUT2D eigenvalue weighted by atomic mass is 16.6. The van der Waals surface area contributed by atoms with Crippen molar-refractivity contribution >= 4 is 5.97 Å². The zero-order valence-corrected chi connectivity index (χ0v) is 12.0. The van der Waals surface area contributed by atoms with E-state index in [9.17, 15) is 4.79 Å². The Balaban J connectivity index is 2.17. The first-order valence-electron chi connectivity index (χ1n) is 6.68. The van der Waals surface area contributed by atoms with Gasteiger partial charge < -0.3 is 14.6 Å². The van der Waals surface area contributed by atoms with Crippen LogP contribution in [0.1, 0.15) is 45.5 Å². The minimum atomic E-state index is -0.459. The summed E-state index contributed by atoms with van der Waals surface area (Å²) in [6, 6.07) is -0.115. The van der Waals surface area contributed by atoms with Crippen molar-refractivity contribution in [3.05, 3.63) is 12.2 Å². The molecule has 6 nitrogen and oxygen atoms in total. The summed E-state index contributed by atoms with van der Waals surface area (Å²) in [4.78, 5) is 12.3. The zero-order chi connectivity index (χ0) is 14.0. The van der Waals surface area contributed by atoms with Crippen LogP contribution in [0.5, 0.6) is 0 Å². The van der Waals surface area contributed by atoms with Gasteiger partial charge in [0.25, 0.3) is 0 Å². The molecule has 1 fully saturated rings. The molecule has 0 amide bonds. The van der Waals surface area contributed by atoms with Crippen LogP contribution in [0.2, 0.25) is 0 Å². The van der Waals surface area contributed by atoms with Gasteiger partial charge >= 0.3 is 5.97 Å². The predicted molar refractivity (Wildman–Crippen MR) is 70.3 cm³/mol. The summed E-state index contributed by atoms with van der Waals surface area (Å²) in [6.45, 7) is 6.55. The van der Waals surface area contributed by atoms with Gasteiger partial charge in [0.15, 0.2) is 5.82 Å². The van der Waals surface area contributed by atoms with Crippen LogP contribution in [-0.4, -0.2) is 32.9 Å². The summed E-state index contributed by atoms with van der Waals surface area (Å²) in [7, 11) is 1.89. The van der Waals surface area contributed by atoms with Crippen LogP contribution in [0, 0.1) is 5.92 Å². The quantitative estimate of drug-likeness (QED) is 0.815. The van der Waals surface area contributed by atoms with E-state index >= 15 is 0 Å². The van der Waals surface area contributed by atoms with E-state index < -0.39 is 5.60 Å². The number of piperidine rings is 1. The maximum absolute atomic E-state index is 12.3. The van der Waals surface area contributed by atoms with Crippen molar-refractivity contribution in [3.63, 3.8) is 0 Å². The number of hydrogen-bond acceptors (Lipinski definition) is 5. The molecule has 1 aliphatic heterocycles. The molecule has 1 aromatic rings. The molecule has 106 valence electrons. The second-order valence-electron chi connectivity index (χ2n) is 6.01. The first-order chi connectivity index (χ1) is 8.88. The van der Waals surface area contributed by atoms with Crippen molar-refractivity contribution in [3.8, 4) is 0 Å². The van der Waals surface area contributed by atoms with Crippen LogP contribution in [-0.2, 0) is 16.6 Å². The van der Waals surface area contributed by atoms with Gasteiger partial charge in [-0.05, 0) is 40.2 Å². The van der Waals surface area contributed by atoms with Crippen molar-refractivity contribution in [2.75, 3.05) is 6.54 Å². The third-order valence-electron chi connectivity index (χ3n) is 3.19. The number of aryl methyl sites for hydroxylation is 1. The SMILES string of the molecule is Cn1cnnc1[C@@H]1NCCC[C@@H]1C(=O)OC(C)(C)C. The fraction of sp³-hybridized carbons (Fsp3) is 0.769. The van der Waals surface area contributed by atoms with E-state index in [4.69, 9.17) is 4.74 Å². The lowest BCUT2D eigenvalue weighted by Crippen LogP contribution is -2.42. The lowest BCUT2D eigenvalue weighted by atomic mass is 9.90. The summed E-state index contributed by atoms with van der Waals surface area (Å²) in [5.74, 6) is 0.430. The minimum absolute atomic E-state index is 0.115. The maximum atomic E-state index is 12.3. The molecule has 2 heterocycles. The summed E-state index contributed by atoms with van der Waals surface area (Å²) >= 11 is 0. The Morgan fingerprint density at radius 3 is 2.84 bits per heavy atom. The molecule has 0 aromatic carbocycles. The second-order valence-corrected chi connectivity index (χ2v) is 6.01. The van der Waals surface area contributed by atoms with Crippen LogP contribution in [0.3, 0.4) is 0 Å². The Labute approximate surface area is 113 Å². The van der Waals surface area contributed by atoms with Crippen LogP contribution in [0.4, 0.5) is 0 Å². The average Bonchev–Trinajstić information content (AvgIpc) is 2.73. The first kappa shape index (κ1) is 14.0. The highest BCUT2D eigenvalue weighted by molar-refractivity contribution is 5.74. The van der Waals surface area contributed by atoms with Gasteiger partial charge in [-0.1, -0.05) is 0 Å². The largest absolute Gasteiger partial charge is 0.460 e. The van der Waals surface area contributed by atoms with Gasteiger partial charge in [0.2, 0.25) is 0 Å². The molecule has 0 bridgehead atoms. The van der Waals surface area contributed by atoms with Crippen LogP contribution in [0.25, 0.3) is 0 Å². The van der Waals surface area contributed by atoms with E-state index in [2.05, 4.69) is 15.5 Å². The number of carbonyl (C=O) groups excluding carboxylic acids is 1. The van der Waals surface area contributed by atoms with Crippen LogP contribution < -0.4 is 5.32 Å². The molecule has 2 atom stereocenters. The molecule has 1 saturated heterocycles. The predicted octanol–water partition coefficient (Wildman–Crippen LogP) is 1.20. The molecular weight excluding hydrogens is 244 g/mol. The Morgan fingerprint density at radius 2 is 2.26 bits per heavy atom. The monoisotopic (exact) mass is 266 g/mol. The highest BCUT2D eigenvalue weighted by Crippen LogP contribution is 2.30. The van der Waals surface area contributed by atoms with Gasteiger partial charge in [0.1, 0.15) is 11.9 Å². The van der Waals surface area contributed by atoms with Crippen molar-refractivity contribution < 1.29 is 9.53 Å². The third-order valence-corrected chi connectivity index (χ3v) is 3.19. The normalized spacial score (nSPS) is 24.2. The number of nitrogens with zero attached hydrogens (tertiary/aromatic N) is 3. The molecule has 19 heavy (non-hydrogen) atoms. The number of carbonyl (C=O) groups is 1. The fourth-order valence-electron chi connectivity index (χ4n) is 2.36. The number of hydrogen-bond donors (Lipinski definition) is 1. The summed E-state index contributed by atoms with van der Waals surface area (Å²) in [5.41, 5.74) is -0.459. The maximum Gasteiger partial charge on any atom is 0.311 e. The van der Waals surface area contributed by atoms with Crippen LogP contribution >= 0.6 is 0 Å². The molecule has 1 aromatic heterocycles. The minimum Gasteiger partial charge on any atom is -0.460 e. The molecule has 0 spiro atoms. The molecule has 2 rings (SSSR count). The van der Waals surface area contributed by atoms with Crippen molar-refractivity contribution in [2.45, 2.75) is 45.3 Å². The lowest BCUT2D eigenvalue weighted by Gasteiger charge is -2.32. The molecule has 0 unspecified atom stereocenters. The number of nitrogens with one attached hydrogen (secondary N) is 1. The van der Waals surface area contributed by atoms with Gasteiger partial charge in [-0.3, -0.25) is 4.79 Å². The second kappa shape index (κ2) is 5.28. The van der Waals surface area contributed by atoms with Gasteiger partial charge in [-0.25, -0.2) is 0 Å². The van der Waals surface area contributed by atoms with Crippen molar-refractivity contribution in [1.29, 1.82) is 0 Å². The molecule has 1 aliphatic rings. The Bertz CT molecular complexity index is 450. The number of rotatable bonds is 2. The van der Waals surface area contributed by atoms with Crippen LogP contribution in [0.15, 0.2) is 6.33 Å². The fourth-order valence-corrected chi connectivity index (χ4v) is 2.36. The van der Waals surface area contributed by atoms with E-state index in [1.165, 1.54) is 0 Å². The Hall–Kier alpha value is -1.43. The topological polar surface area (TPSA) is 69.0 Å². The van der Waals surface area contributed by atoms with E-state index in [0.717, 1.165) is 25.2 Å². The molecule has 0 aliphatic carbocycles. The summed E-state index contributed by atoms with van der Waals surface area (Å²) in [6.07, 6.45) is 3.44. The zero-order valence-electron chi connectivity index (χ0n) is 12.0. The first-order valence-corrected chi connectivity index (χ1v) is 6.68. The average molecular weight is 266 g/mol. The van der Waals surface area contributed by atoms with E-state index in [0.29, 0.717) is 0 Å². The lowest BCUT2D eigenvalue weighted by molar-refractivity contribution is -0.162. The Morgan fingerprint density at radius 1 is 1.53 bits per heavy atom. The van der Waals surface area contributed by atoms with E-state index in [1.807, 2.05) is 32.4 Å². The number of esters is 1. The van der Waals surface area contributed by atoms with Gasteiger partial charge in [-0.15, -0.1) is 10.2 Å². The standard InChI is InChI=1S/C13H22N4O2/c1-13(2,3)19-12(18)9-6-5-7-14-10(9)11-16-15-8-17(11)4/h8-10,14H,5-7H2,1-4H3/t9-,10+/m0/s1. The third kappa shape index (κ3) is 3.32. The van der Waals surface area contributed by atoms with Gasteiger partial charge in [0, 0.05) is 7.05 Å². The smallest absolute Gasteiger partial charge is 0.311 e. The van der Waals surface area contributed by atoms with E-state index in [1.54, 1.807) is 6.33 Å². The molecule has 0 radical (unpaired) electrons. The molecule has 0 saturated carbocycles. The highest BCUT2D eigenvalue weighted by Gasteiger charge is 2.37. The summed E-state index contributed by atoms with van der Waals surface area (Å²) in [5, 5.41) is 11.4. The number of aromatic nitrogens is 3. The van der Waals surface area contributed by atoms with Crippen molar-refractivity contribution in [1.82, 2.24) is 20.1 Å². The van der Waals surface area contributed by atoms with Gasteiger partial charge in [-0.2, -0.15) is 0 Å². The Kier molecular flexibility index (Phi) is 3.89. The molecule has 6 heteroatoms. The van der Waals surface area contributed by atoms with E-state index in [-0.39, 0.29) is 17.9 Å². The summed E-state index contributed by atoms with van der Waals surface area (Å²) < 4.78 is 7.36. The van der Waals surface area contributed by atoms with Gasteiger partial charge in [0.05, 0.1) is 12.0 Å². The number of ether oxygens (including phenoxy) is 1. The van der Waals surface area contributed by atoms with Crippen molar-refractivity contribution in [2.24, 2.45) is 13.0 Å². The molecule has 1 N–H and O–H groups in total. The molecular formula is C13H22N4O2.